The van der Waals surface area contributed by atoms with Crippen LogP contribution in [0.3, 0.4) is 0 Å². The highest BCUT2D eigenvalue weighted by molar-refractivity contribution is 6.35. The normalized spacial score (nSPS) is 11.7. The summed E-state index contributed by atoms with van der Waals surface area (Å²) in [6.45, 7) is 6.47. The van der Waals surface area contributed by atoms with E-state index in [1.54, 1.807) is 18.2 Å². The van der Waals surface area contributed by atoms with Crippen molar-refractivity contribution in [2.45, 2.75) is 45.7 Å². The molecule has 2 amide bonds. The zero-order valence-electron chi connectivity index (χ0n) is 20.8. The zero-order valence-corrected chi connectivity index (χ0v) is 22.4. The maximum Gasteiger partial charge on any atom is 0.261 e. The molecule has 0 radical (unpaired) electrons. The lowest BCUT2D eigenvalue weighted by Gasteiger charge is -2.31. The molecule has 0 spiro atoms. The Labute approximate surface area is 223 Å². The fourth-order valence-corrected chi connectivity index (χ4v) is 4.32. The van der Waals surface area contributed by atoms with E-state index in [4.69, 9.17) is 27.9 Å². The second kappa shape index (κ2) is 13.3. The SMILES string of the molecule is CCNC(=O)[C@@H](Cc1ccccc1)N(Cc1ccc(Cl)cc1Cl)C(=O)COc1ccc(C(C)C)cc1. The summed E-state index contributed by atoms with van der Waals surface area (Å²) in [5.41, 5.74) is 2.82. The van der Waals surface area contributed by atoms with Crippen LogP contribution in [-0.2, 0) is 22.6 Å². The van der Waals surface area contributed by atoms with Gasteiger partial charge < -0.3 is 15.0 Å². The number of nitrogens with zero attached hydrogens (tertiary/aromatic N) is 1. The van der Waals surface area contributed by atoms with E-state index in [0.29, 0.717) is 40.2 Å². The quantitative estimate of drug-likeness (QED) is 0.320. The van der Waals surface area contributed by atoms with Gasteiger partial charge in [0.15, 0.2) is 6.61 Å². The average Bonchev–Trinajstić information content (AvgIpc) is 2.86. The molecule has 1 atom stereocenters. The van der Waals surface area contributed by atoms with Crippen molar-refractivity contribution in [3.8, 4) is 5.75 Å². The maximum absolute atomic E-state index is 13.6. The van der Waals surface area contributed by atoms with E-state index >= 15 is 0 Å². The monoisotopic (exact) mass is 526 g/mol. The second-order valence-electron chi connectivity index (χ2n) is 8.87. The van der Waals surface area contributed by atoms with Gasteiger partial charge in [0.2, 0.25) is 5.91 Å². The van der Waals surface area contributed by atoms with Crippen LogP contribution in [0, 0.1) is 0 Å². The van der Waals surface area contributed by atoms with Crippen molar-refractivity contribution in [3.63, 3.8) is 0 Å². The van der Waals surface area contributed by atoms with Crippen LogP contribution >= 0.6 is 23.2 Å². The Morgan fingerprint density at radius 2 is 1.67 bits per heavy atom. The third-order valence-electron chi connectivity index (χ3n) is 5.89. The van der Waals surface area contributed by atoms with Crippen molar-refractivity contribution in [3.05, 3.63) is 99.5 Å². The first-order chi connectivity index (χ1) is 17.3. The van der Waals surface area contributed by atoms with Gasteiger partial charge in [0.1, 0.15) is 11.8 Å². The number of nitrogens with one attached hydrogen (secondary N) is 1. The van der Waals surface area contributed by atoms with Gasteiger partial charge in [-0.3, -0.25) is 9.59 Å². The van der Waals surface area contributed by atoms with Gasteiger partial charge in [0, 0.05) is 29.6 Å². The van der Waals surface area contributed by atoms with Gasteiger partial charge in [-0.15, -0.1) is 0 Å². The molecule has 0 aliphatic carbocycles. The van der Waals surface area contributed by atoms with Crippen LogP contribution in [0.1, 0.15) is 43.4 Å². The van der Waals surface area contributed by atoms with E-state index in [9.17, 15) is 9.59 Å². The van der Waals surface area contributed by atoms with E-state index in [-0.39, 0.29) is 25.0 Å². The lowest BCUT2D eigenvalue weighted by molar-refractivity contribution is -0.142. The van der Waals surface area contributed by atoms with Crippen LogP contribution in [0.4, 0.5) is 0 Å². The molecular formula is C29H32Cl2N2O3. The fourth-order valence-electron chi connectivity index (χ4n) is 3.86. The number of carbonyl (C=O) groups excluding carboxylic acids is 2. The van der Waals surface area contributed by atoms with Crippen LogP contribution in [0.2, 0.25) is 10.0 Å². The predicted octanol–water partition coefficient (Wildman–Crippen LogP) is 6.27. The molecule has 0 unspecified atom stereocenters. The fraction of sp³-hybridized carbons (Fsp3) is 0.310. The van der Waals surface area contributed by atoms with E-state index in [2.05, 4.69) is 19.2 Å². The standard InChI is InChI=1S/C29H32Cl2N2O3/c1-4-32-29(35)27(16-21-8-6-5-7-9-21)33(18-23-10-13-24(30)17-26(23)31)28(34)19-36-25-14-11-22(12-15-25)20(2)3/h5-15,17,20,27H,4,16,18-19H2,1-3H3,(H,32,35)/t27-/m1/s1. The highest BCUT2D eigenvalue weighted by Crippen LogP contribution is 2.24. The molecule has 3 aromatic carbocycles. The van der Waals surface area contributed by atoms with E-state index in [0.717, 1.165) is 5.56 Å². The summed E-state index contributed by atoms with van der Waals surface area (Å²) < 4.78 is 5.83. The molecule has 0 saturated carbocycles. The van der Waals surface area contributed by atoms with Crippen molar-refractivity contribution in [2.24, 2.45) is 0 Å². The molecular weight excluding hydrogens is 495 g/mol. The minimum Gasteiger partial charge on any atom is -0.484 e. The average molecular weight is 527 g/mol. The van der Waals surface area contributed by atoms with Crippen molar-refractivity contribution in [2.75, 3.05) is 13.2 Å². The predicted molar refractivity (Wildman–Crippen MR) is 146 cm³/mol. The summed E-state index contributed by atoms with van der Waals surface area (Å²) in [4.78, 5) is 28.3. The number of benzene rings is 3. The van der Waals surface area contributed by atoms with Crippen LogP contribution in [0.5, 0.6) is 5.75 Å². The zero-order chi connectivity index (χ0) is 26.1. The molecule has 5 nitrogen and oxygen atoms in total. The van der Waals surface area contributed by atoms with Gasteiger partial charge in [-0.05, 0) is 53.8 Å². The summed E-state index contributed by atoms with van der Waals surface area (Å²) in [5.74, 6) is 0.438. The lowest BCUT2D eigenvalue weighted by atomic mass is 10.0. The maximum atomic E-state index is 13.6. The highest BCUT2D eigenvalue weighted by atomic mass is 35.5. The molecule has 0 saturated heterocycles. The summed E-state index contributed by atoms with van der Waals surface area (Å²) in [7, 11) is 0. The van der Waals surface area contributed by atoms with Gasteiger partial charge in [-0.2, -0.15) is 0 Å². The first-order valence-electron chi connectivity index (χ1n) is 12.1. The molecule has 0 aliphatic heterocycles. The first kappa shape index (κ1) is 27.6. The molecule has 190 valence electrons. The number of hydrogen-bond acceptors (Lipinski definition) is 3. The molecule has 3 aromatic rings. The molecule has 0 aromatic heterocycles. The van der Waals surface area contributed by atoms with Crippen LogP contribution in [-0.4, -0.2) is 35.9 Å². The largest absolute Gasteiger partial charge is 0.484 e. The Morgan fingerprint density at radius 3 is 2.28 bits per heavy atom. The second-order valence-corrected chi connectivity index (χ2v) is 9.71. The van der Waals surface area contributed by atoms with E-state index in [1.165, 1.54) is 10.5 Å². The number of ether oxygens (including phenoxy) is 1. The number of carbonyl (C=O) groups is 2. The lowest BCUT2D eigenvalue weighted by Crippen LogP contribution is -2.51. The number of amides is 2. The minimum atomic E-state index is -0.751. The minimum absolute atomic E-state index is 0.138. The topological polar surface area (TPSA) is 58.6 Å². The molecule has 3 rings (SSSR count). The van der Waals surface area contributed by atoms with E-state index in [1.807, 2.05) is 61.5 Å². The van der Waals surface area contributed by atoms with Crippen molar-refractivity contribution >= 4 is 35.0 Å². The van der Waals surface area contributed by atoms with Gasteiger partial charge >= 0.3 is 0 Å². The smallest absolute Gasteiger partial charge is 0.261 e. The Kier molecular flexibility index (Phi) is 10.2. The van der Waals surface area contributed by atoms with Gasteiger partial charge in [0.05, 0.1) is 0 Å². The number of hydrogen-bond donors (Lipinski definition) is 1. The summed E-state index contributed by atoms with van der Waals surface area (Å²) >= 11 is 12.5. The van der Waals surface area contributed by atoms with Gasteiger partial charge in [0.25, 0.3) is 5.91 Å². The number of halogens is 2. The van der Waals surface area contributed by atoms with Crippen molar-refractivity contribution in [1.82, 2.24) is 10.2 Å². The Morgan fingerprint density at radius 1 is 0.972 bits per heavy atom. The van der Waals surface area contributed by atoms with Crippen LogP contribution in [0.25, 0.3) is 0 Å². The molecule has 1 N–H and O–H groups in total. The summed E-state index contributed by atoms with van der Waals surface area (Å²) in [5, 5.41) is 3.80. The van der Waals surface area contributed by atoms with Crippen LogP contribution in [0.15, 0.2) is 72.8 Å². The molecule has 0 aliphatic rings. The first-order valence-corrected chi connectivity index (χ1v) is 12.8. The van der Waals surface area contributed by atoms with Crippen molar-refractivity contribution in [1.29, 1.82) is 0 Å². The Hall–Kier alpha value is -3.02. The molecule has 0 fully saturated rings. The molecule has 0 bridgehead atoms. The van der Waals surface area contributed by atoms with Gasteiger partial charge in [-0.1, -0.05) is 85.6 Å². The molecule has 36 heavy (non-hydrogen) atoms. The summed E-state index contributed by atoms with van der Waals surface area (Å²) in [6.07, 6.45) is 0.354. The summed E-state index contributed by atoms with van der Waals surface area (Å²) in [6, 6.07) is 21.7. The Bertz CT molecular complexity index is 1150. The molecule has 7 heteroatoms. The third kappa shape index (κ3) is 7.74. The van der Waals surface area contributed by atoms with Crippen LogP contribution < -0.4 is 10.1 Å². The Balaban J connectivity index is 1.89. The number of rotatable bonds is 11. The van der Waals surface area contributed by atoms with Crippen molar-refractivity contribution < 1.29 is 14.3 Å². The van der Waals surface area contributed by atoms with Gasteiger partial charge in [-0.25, -0.2) is 0 Å². The van der Waals surface area contributed by atoms with E-state index < -0.39 is 6.04 Å². The molecule has 0 heterocycles. The highest BCUT2D eigenvalue weighted by Gasteiger charge is 2.31. The third-order valence-corrected chi connectivity index (χ3v) is 6.47. The number of likely N-dealkylation sites (N-methyl/N-ethyl adjacent to an activating group) is 1.